The summed E-state index contributed by atoms with van der Waals surface area (Å²) in [7, 11) is 0. The molecule has 4 heteroatoms. The van der Waals surface area contributed by atoms with Gasteiger partial charge >= 0.3 is 0 Å². The van der Waals surface area contributed by atoms with Crippen LogP contribution in [-0.2, 0) is 0 Å². The largest absolute Gasteiger partial charge is 0.367 e. The van der Waals surface area contributed by atoms with Gasteiger partial charge in [0.25, 0.3) is 0 Å². The Morgan fingerprint density at radius 2 is 1.81 bits per heavy atom. The summed E-state index contributed by atoms with van der Waals surface area (Å²) in [6, 6.07) is 2.68. The zero-order valence-electron chi connectivity index (χ0n) is 12.7. The second kappa shape index (κ2) is 5.91. The molecule has 1 aromatic carbocycles. The normalized spacial score (nSPS) is 22.3. The minimum atomic E-state index is -0.318. The molecule has 3 rings (SSSR count). The Hall–Kier alpha value is -1.16. The molecule has 2 aliphatic rings. The van der Waals surface area contributed by atoms with Gasteiger partial charge in [-0.1, -0.05) is 19.3 Å². The molecule has 0 atom stereocenters. The van der Waals surface area contributed by atoms with Gasteiger partial charge in [0.1, 0.15) is 11.6 Å². The van der Waals surface area contributed by atoms with Crippen molar-refractivity contribution in [2.75, 3.05) is 24.5 Å². The molecule has 1 saturated carbocycles. The quantitative estimate of drug-likeness (QED) is 0.848. The van der Waals surface area contributed by atoms with E-state index in [4.69, 9.17) is 0 Å². The highest BCUT2D eigenvalue weighted by Gasteiger charge is 2.35. The van der Waals surface area contributed by atoms with Crippen molar-refractivity contribution in [1.82, 2.24) is 5.32 Å². The number of aryl methyl sites for hydroxylation is 1. The van der Waals surface area contributed by atoms with E-state index < -0.39 is 0 Å². The van der Waals surface area contributed by atoms with Crippen molar-refractivity contribution in [3.8, 4) is 0 Å². The fraction of sp³-hybridized carbons (Fsp3) is 0.647. The van der Waals surface area contributed by atoms with Crippen LogP contribution in [0.3, 0.4) is 0 Å². The second-order valence-corrected chi connectivity index (χ2v) is 6.60. The standard InChI is InChI=1S/C17H24F2N2/c1-13-10-15(19)16(11-14(13)18)21-9-5-8-20-17(12-21)6-3-2-4-7-17/h10-11,20H,2-9,12H2,1H3. The minimum Gasteiger partial charge on any atom is -0.367 e. The van der Waals surface area contributed by atoms with Gasteiger partial charge in [-0.15, -0.1) is 0 Å². The van der Waals surface area contributed by atoms with Crippen molar-refractivity contribution in [1.29, 1.82) is 0 Å². The third-order valence-corrected chi connectivity index (χ3v) is 4.98. The molecule has 116 valence electrons. The molecule has 21 heavy (non-hydrogen) atoms. The molecule has 1 spiro atoms. The molecule has 0 bridgehead atoms. The van der Waals surface area contributed by atoms with Gasteiger partial charge < -0.3 is 10.2 Å². The molecule has 0 radical (unpaired) electrons. The number of rotatable bonds is 1. The lowest BCUT2D eigenvalue weighted by molar-refractivity contribution is 0.246. The van der Waals surface area contributed by atoms with Crippen LogP contribution in [0.1, 0.15) is 44.1 Å². The summed E-state index contributed by atoms with van der Waals surface area (Å²) in [5.74, 6) is -0.622. The molecular formula is C17H24F2N2. The Balaban J connectivity index is 1.88. The minimum absolute atomic E-state index is 0.0859. The van der Waals surface area contributed by atoms with Crippen molar-refractivity contribution in [3.05, 3.63) is 29.3 Å². The van der Waals surface area contributed by atoms with Crippen LogP contribution in [0.4, 0.5) is 14.5 Å². The first kappa shape index (κ1) is 14.8. The summed E-state index contributed by atoms with van der Waals surface area (Å²) in [5.41, 5.74) is 0.881. The molecule has 2 fully saturated rings. The monoisotopic (exact) mass is 294 g/mol. The van der Waals surface area contributed by atoms with Crippen LogP contribution in [0.2, 0.25) is 0 Å². The number of halogens is 2. The zero-order chi connectivity index (χ0) is 14.9. The molecule has 1 saturated heterocycles. The molecule has 0 amide bonds. The van der Waals surface area contributed by atoms with E-state index in [0.717, 1.165) is 38.9 Å². The Morgan fingerprint density at radius 1 is 1.05 bits per heavy atom. The first-order valence-corrected chi connectivity index (χ1v) is 8.05. The number of hydrogen-bond acceptors (Lipinski definition) is 2. The highest BCUT2D eigenvalue weighted by molar-refractivity contribution is 5.50. The van der Waals surface area contributed by atoms with E-state index in [-0.39, 0.29) is 17.2 Å². The van der Waals surface area contributed by atoms with E-state index in [2.05, 4.69) is 5.32 Å². The van der Waals surface area contributed by atoms with Gasteiger partial charge in [0.15, 0.2) is 0 Å². The predicted molar refractivity (Wildman–Crippen MR) is 81.7 cm³/mol. The summed E-state index contributed by atoms with van der Waals surface area (Å²) < 4.78 is 28.1. The van der Waals surface area contributed by atoms with Gasteiger partial charge in [0, 0.05) is 24.7 Å². The van der Waals surface area contributed by atoms with E-state index >= 15 is 0 Å². The van der Waals surface area contributed by atoms with Gasteiger partial charge in [-0.2, -0.15) is 0 Å². The first-order valence-electron chi connectivity index (χ1n) is 8.05. The average Bonchev–Trinajstić information content (AvgIpc) is 2.66. The third kappa shape index (κ3) is 3.05. The summed E-state index contributed by atoms with van der Waals surface area (Å²) in [6.45, 7) is 4.14. The van der Waals surface area contributed by atoms with Crippen LogP contribution in [0, 0.1) is 18.6 Å². The number of anilines is 1. The molecule has 1 aliphatic carbocycles. The maximum atomic E-state index is 14.3. The lowest BCUT2D eigenvalue weighted by atomic mass is 9.81. The summed E-state index contributed by atoms with van der Waals surface area (Å²) in [5, 5.41) is 3.68. The molecule has 1 heterocycles. The fourth-order valence-corrected chi connectivity index (χ4v) is 3.77. The summed E-state index contributed by atoms with van der Waals surface area (Å²) in [4.78, 5) is 2.04. The van der Waals surface area contributed by atoms with Crippen LogP contribution in [-0.4, -0.2) is 25.2 Å². The molecular weight excluding hydrogens is 270 g/mol. The van der Waals surface area contributed by atoms with Gasteiger partial charge in [-0.05, 0) is 44.4 Å². The van der Waals surface area contributed by atoms with Crippen LogP contribution in [0.25, 0.3) is 0 Å². The lowest BCUT2D eigenvalue weighted by Crippen LogP contribution is -2.52. The predicted octanol–water partition coefficient (Wildman–Crippen LogP) is 3.78. The number of hydrogen-bond donors (Lipinski definition) is 1. The number of benzene rings is 1. The Kier molecular flexibility index (Phi) is 4.16. The van der Waals surface area contributed by atoms with Gasteiger partial charge in [0.2, 0.25) is 0 Å². The lowest BCUT2D eigenvalue weighted by Gasteiger charge is -2.40. The molecule has 0 aromatic heterocycles. The van der Waals surface area contributed by atoms with Crippen molar-refractivity contribution in [2.24, 2.45) is 0 Å². The molecule has 1 N–H and O–H groups in total. The van der Waals surface area contributed by atoms with Gasteiger partial charge in [-0.25, -0.2) is 8.78 Å². The van der Waals surface area contributed by atoms with E-state index in [9.17, 15) is 8.78 Å². The summed E-state index contributed by atoms with van der Waals surface area (Å²) in [6.07, 6.45) is 6.99. The van der Waals surface area contributed by atoms with Crippen LogP contribution >= 0.6 is 0 Å². The Bertz CT molecular complexity index is 510. The highest BCUT2D eigenvalue weighted by atomic mass is 19.1. The zero-order valence-corrected chi connectivity index (χ0v) is 12.7. The topological polar surface area (TPSA) is 15.3 Å². The van der Waals surface area contributed by atoms with Crippen LogP contribution in [0.15, 0.2) is 12.1 Å². The molecule has 0 unspecified atom stereocenters. The number of nitrogens with one attached hydrogen (secondary N) is 1. The molecule has 1 aliphatic heterocycles. The molecule has 1 aromatic rings. The Morgan fingerprint density at radius 3 is 2.57 bits per heavy atom. The smallest absolute Gasteiger partial charge is 0.146 e. The number of nitrogens with zero attached hydrogens (tertiary/aromatic N) is 1. The fourth-order valence-electron chi connectivity index (χ4n) is 3.77. The van der Waals surface area contributed by atoms with Gasteiger partial charge in [-0.3, -0.25) is 0 Å². The highest BCUT2D eigenvalue weighted by Crippen LogP contribution is 2.33. The van der Waals surface area contributed by atoms with Crippen molar-refractivity contribution in [3.63, 3.8) is 0 Å². The van der Waals surface area contributed by atoms with Crippen molar-refractivity contribution in [2.45, 2.75) is 51.0 Å². The summed E-state index contributed by atoms with van der Waals surface area (Å²) >= 11 is 0. The molecule has 2 nitrogen and oxygen atoms in total. The Labute approximate surface area is 125 Å². The maximum Gasteiger partial charge on any atom is 0.146 e. The van der Waals surface area contributed by atoms with E-state index in [1.165, 1.54) is 31.4 Å². The van der Waals surface area contributed by atoms with Crippen molar-refractivity contribution < 1.29 is 8.78 Å². The average molecular weight is 294 g/mol. The van der Waals surface area contributed by atoms with Gasteiger partial charge in [0.05, 0.1) is 5.69 Å². The van der Waals surface area contributed by atoms with E-state index in [1.54, 1.807) is 6.92 Å². The first-order chi connectivity index (χ1) is 10.1. The third-order valence-electron chi connectivity index (χ3n) is 4.98. The van der Waals surface area contributed by atoms with Crippen LogP contribution < -0.4 is 10.2 Å². The second-order valence-electron chi connectivity index (χ2n) is 6.60. The SMILES string of the molecule is Cc1cc(F)c(N2CCCNC3(CCCCC3)C2)cc1F. The van der Waals surface area contributed by atoms with E-state index in [0.29, 0.717) is 11.3 Å². The maximum absolute atomic E-state index is 14.3. The van der Waals surface area contributed by atoms with Crippen LogP contribution in [0.5, 0.6) is 0 Å². The van der Waals surface area contributed by atoms with E-state index in [1.807, 2.05) is 4.90 Å². The van der Waals surface area contributed by atoms with Crippen molar-refractivity contribution >= 4 is 5.69 Å².